The van der Waals surface area contributed by atoms with Crippen LogP contribution in [0.4, 0.5) is 0 Å². The van der Waals surface area contributed by atoms with Crippen LogP contribution >= 0.6 is 27.5 Å². The maximum atomic E-state index is 5.92. The highest BCUT2D eigenvalue weighted by atomic mass is 79.9. The van der Waals surface area contributed by atoms with Crippen molar-refractivity contribution in [2.75, 3.05) is 0 Å². The number of oxazole rings is 1. The van der Waals surface area contributed by atoms with E-state index in [1.165, 1.54) is 0 Å². The molecule has 0 aliphatic heterocycles. The molecule has 0 saturated carbocycles. The van der Waals surface area contributed by atoms with Crippen LogP contribution in [0.3, 0.4) is 0 Å². The van der Waals surface area contributed by atoms with Crippen LogP contribution in [0.1, 0.15) is 11.5 Å². The van der Waals surface area contributed by atoms with Gasteiger partial charge in [0.05, 0.1) is 0 Å². The van der Waals surface area contributed by atoms with Gasteiger partial charge in [0, 0.05) is 15.6 Å². The third kappa shape index (κ3) is 2.72. The molecule has 0 aliphatic carbocycles. The second-order valence-electron chi connectivity index (χ2n) is 4.02. The predicted octanol–water partition coefficient (Wildman–Crippen LogP) is 5.41. The van der Waals surface area contributed by atoms with Gasteiger partial charge in [-0.25, -0.2) is 4.98 Å². The summed E-state index contributed by atoms with van der Waals surface area (Å²) in [7, 11) is 0. The Kier molecular flexibility index (Phi) is 3.40. The number of nitrogens with zero attached hydrogens (tertiary/aromatic N) is 1. The lowest BCUT2D eigenvalue weighted by molar-refractivity contribution is 0.590. The summed E-state index contributed by atoms with van der Waals surface area (Å²) in [5.74, 6) is 0.563. The van der Waals surface area contributed by atoms with E-state index >= 15 is 0 Å². The highest BCUT2D eigenvalue weighted by Crippen LogP contribution is 2.22. The SMILES string of the molecule is Clc1ccc2oc(C=Cc3ccccc3Br)nc2c1. The van der Waals surface area contributed by atoms with Gasteiger partial charge < -0.3 is 4.42 Å². The first-order chi connectivity index (χ1) is 9.22. The lowest BCUT2D eigenvalue weighted by atomic mass is 10.2. The zero-order chi connectivity index (χ0) is 13.2. The first-order valence-electron chi connectivity index (χ1n) is 5.71. The van der Waals surface area contributed by atoms with Gasteiger partial charge in [-0.05, 0) is 35.9 Å². The molecule has 0 N–H and O–H groups in total. The lowest BCUT2D eigenvalue weighted by Crippen LogP contribution is -1.74. The molecule has 1 heterocycles. The molecular formula is C15H9BrClNO. The molecule has 0 atom stereocenters. The summed E-state index contributed by atoms with van der Waals surface area (Å²) >= 11 is 9.41. The number of fused-ring (bicyclic) bond motifs is 1. The van der Waals surface area contributed by atoms with Crippen LogP contribution in [0.15, 0.2) is 51.4 Å². The van der Waals surface area contributed by atoms with Crippen LogP contribution in [0.2, 0.25) is 5.02 Å². The molecule has 1 aromatic heterocycles. The number of benzene rings is 2. The Hall–Kier alpha value is -1.58. The zero-order valence-corrected chi connectivity index (χ0v) is 12.1. The topological polar surface area (TPSA) is 26.0 Å². The minimum Gasteiger partial charge on any atom is -0.437 e. The molecule has 3 aromatic rings. The average Bonchev–Trinajstić information content (AvgIpc) is 2.79. The van der Waals surface area contributed by atoms with E-state index in [-0.39, 0.29) is 0 Å². The molecule has 0 aliphatic rings. The van der Waals surface area contributed by atoms with Gasteiger partial charge in [-0.2, -0.15) is 0 Å². The molecular weight excluding hydrogens is 326 g/mol. The fourth-order valence-corrected chi connectivity index (χ4v) is 2.34. The molecule has 0 bridgehead atoms. The van der Waals surface area contributed by atoms with Crippen molar-refractivity contribution < 1.29 is 4.42 Å². The van der Waals surface area contributed by atoms with Crippen LogP contribution < -0.4 is 0 Å². The third-order valence-electron chi connectivity index (χ3n) is 2.68. The maximum absolute atomic E-state index is 5.92. The molecule has 94 valence electrons. The molecule has 0 unspecified atom stereocenters. The van der Waals surface area contributed by atoms with Crippen molar-refractivity contribution in [3.63, 3.8) is 0 Å². The Bertz CT molecular complexity index is 764. The molecule has 0 amide bonds. The fourth-order valence-electron chi connectivity index (χ4n) is 1.76. The molecule has 3 rings (SSSR count). The number of hydrogen-bond acceptors (Lipinski definition) is 2. The van der Waals surface area contributed by atoms with Crippen molar-refractivity contribution >= 4 is 50.8 Å². The summed E-state index contributed by atoms with van der Waals surface area (Å²) in [4.78, 5) is 4.37. The maximum Gasteiger partial charge on any atom is 0.220 e. The number of rotatable bonds is 2. The lowest BCUT2D eigenvalue weighted by Gasteiger charge is -1.95. The molecule has 2 aromatic carbocycles. The van der Waals surface area contributed by atoms with Crippen LogP contribution in [0.5, 0.6) is 0 Å². The highest BCUT2D eigenvalue weighted by molar-refractivity contribution is 9.10. The summed E-state index contributed by atoms with van der Waals surface area (Å²) in [5.41, 5.74) is 2.57. The molecule has 0 fully saturated rings. The minimum absolute atomic E-state index is 0.563. The van der Waals surface area contributed by atoms with Crippen LogP contribution in [0.25, 0.3) is 23.3 Å². The molecule has 2 nitrogen and oxygen atoms in total. The van der Waals surface area contributed by atoms with Crippen molar-refractivity contribution in [2.24, 2.45) is 0 Å². The number of aromatic nitrogens is 1. The van der Waals surface area contributed by atoms with Gasteiger partial charge in [0.1, 0.15) is 5.52 Å². The second kappa shape index (κ2) is 5.19. The van der Waals surface area contributed by atoms with Crippen molar-refractivity contribution in [3.05, 3.63) is 63.4 Å². The van der Waals surface area contributed by atoms with Gasteiger partial charge in [-0.15, -0.1) is 0 Å². The van der Waals surface area contributed by atoms with Gasteiger partial charge in [0.15, 0.2) is 5.58 Å². The monoisotopic (exact) mass is 333 g/mol. The Morgan fingerprint density at radius 1 is 1.11 bits per heavy atom. The van der Waals surface area contributed by atoms with E-state index < -0.39 is 0 Å². The Labute approximate surface area is 123 Å². The Morgan fingerprint density at radius 2 is 1.95 bits per heavy atom. The van der Waals surface area contributed by atoms with Gasteiger partial charge in [-0.1, -0.05) is 45.7 Å². The van der Waals surface area contributed by atoms with Crippen LogP contribution in [-0.4, -0.2) is 4.98 Å². The summed E-state index contributed by atoms with van der Waals surface area (Å²) < 4.78 is 6.65. The quantitative estimate of drug-likeness (QED) is 0.626. The first-order valence-corrected chi connectivity index (χ1v) is 6.88. The Balaban J connectivity index is 1.95. The fraction of sp³-hybridized carbons (Fsp3) is 0. The van der Waals surface area contributed by atoms with E-state index in [9.17, 15) is 0 Å². The van der Waals surface area contributed by atoms with Gasteiger partial charge in [0.2, 0.25) is 5.89 Å². The third-order valence-corrected chi connectivity index (χ3v) is 3.63. The number of halogens is 2. The van der Waals surface area contributed by atoms with Gasteiger partial charge >= 0.3 is 0 Å². The molecule has 0 radical (unpaired) electrons. The van der Waals surface area contributed by atoms with E-state index in [4.69, 9.17) is 16.0 Å². The van der Waals surface area contributed by atoms with E-state index in [2.05, 4.69) is 20.9 Å². The second-order valence-corrected chi connectivity index (χ2v) is 5.31. The van der Waals surface area contributed by atoms with Crippen LogP contribution in [0, 0.1) is 0 Å². The summed E-state index contributed by atoms with van der Waals surface area (Å²) in [6.45, 7) is 0. The normalized spacial score (nSPS) is 11.5. The highest BCUT2D eigenvalue weighted by Gasteiger charge is 2.03. The van der Waals surface area contributed by atoms with Gasteiger partial charge in [-0.3, -0.25) is 0 Å². The first kappa shape index (κ1) is 12.5. The molecule has 0 spiro atoms. The zero-order valence-electron chi connectivity index (χ0n) is 9.81. The standard InChI is InChI=1S/C15H9BrClNO/c16-12-4-2-1-3-10(12)5-8-15-18-13-9-11(17)6-7-14(13)19-15/h1-9H. The molecule has 19 heavy (non-hydrogen) atoms. The number of hydrogen-bond donors (Lipinski definition) is 0. The molecule has 4 heteroatoms. The molecule has 0 saturated heterocycles. The van der Waals surface area contributed by atoms with E-state index in [0.717, 1.165) is 21.1 Å². The average molecular weight is 335 g/mol. The van der Waals surface area contributed by atoms with Crippen molar-refractivity contribution in [1.29, 1.82) is 0 Å². The largest absolute Gasteiger partial charge is 0.437 e. The van der Waals surface area contributed by atoms with Crippen molar-refractivity contribution in [2.45, 2.75) is 0 Å². The summed E-state index contributed by atoms with van der Waals surface area (Å²) in [6.07, 6.45) is 3.80. The van der Waals surface area contributed by atoms with Crippen molar-refractivity contribution in [1.82, 2.24) is 4.98 Å². The van der Waals surface area contributed by atoms with E-state index in [1.54, 1.807) is 12.1 Å². The van der Waals surface area contributed by atoms with E-state index in [0.29, 0.717) is 10.9 Å². The summed E-state index contributed by atoms with van der Waals surface area (Å²) in [6, 6.07) is 13.4. The predicted molar refractivity (Wildman–Crippen MR) is 82.1 cm³/mol. The summed E-state index contributed by atoms with van der Waals surface area (Å²) in [5, 5.41) is 0.655. The van der Waals surface area contributed by atoms with Gasteiger partial charge in [0.25, 0.3) is 0 Å². The Morgan fingerprint density at radius 3 is 2.79 bits per heavy atom. The van der Waals surface area contributed by atoms with Crippen LogP contribution in [-0.2, 0) is 0 Å². The van der Waals surface area contributed by atoms with E-state index in [1.807, 2.05) is 42.5 Å². The smallest absolute Gasteiger partial charge is 0.220 e. The minimum atomic E-state index is 0.563. The van der Waals surface area contributed by atoms with Crippen molar-refractivity contribution in [3.8, 4) is 0 Å².